The fraction of sp³-hybridized carbons (Fsp3) is 1.00. The van der Waals surface area contributed by atoms with Gasteiger partial charge in [0.15, 0.2) is 6.29 Å². The maximum Gasteiger partial charge on any atom is 0.186 e. The Morgan fingerprint density at radius 2 is 1.70 bits per heavy atom. The molecule has 2 saturated carbocycles. The van der Waals surface area contributed by atoms with Crippen molar-refractivity contribution in [2.45, 2.75) is 76.5 Å². The minimum Gasteiger partial charge on any atom is -0.394 e. The van der Waals surface area contributed by atoms with Gasteiger partial charge in [-0.2, -0.15) is 0 Å². The molecule has 2 aliphatic carbocycles. The Morgan fingerprint density at radius 3 is 2.17 bits per heavy atom. The smallest absolute Gasteiger partial charge is 0.186 e. The van der Waals surface area contributed by atoms with E-state index in [-0.39, 0.29) is 29.0 Å². The normalized spacial score (nSPS) is 55.3. The van der Waals surface area contributed by atoms with Crippen LogP contribution in [0.25, 0.3) is 0 Å². The van der Waals surface area contributed by atoms with Crippen molar-refractivity contribution in [2.24, 2.45) is 16.7 Å². The monoisotopic (exact) mass is 332 g/mol. The second-order valence-electron chi connectivity index (χ2n) is 8.07. The summed E-state index contributed by atoms with van der Waals surface area (Å²) in [5.41, 5.74) is -0.373. The molecule has 2 bridgehead atoms. The van der Waals surface area contributed by atoms with Crippen LogP contribution < -0.4 is 0 Å². The summed E-state index contributed by atoms with van der Waals surface area (Å²) >= 11 is 0. The number of fused-ring (bicyclic) bond motifs is 2. The average Bonchev–Trinajstić information content (AvgIpc) is 2.78. The van der Waals surface area contributed by atoms with Gasteiger partial charge in [-0.3, -0.25) is 0 Å². The second-order valence-corrected chi connectivity index (χ2v) is 8.07. The highest BCUT2D eigenvalue weighted by molar-refractivity contribution is 5.14. The van der Waals surface area contributed by atoms with Gasteiger partial charge in [-0.05, 0) is 24.2 Å². The van der Waals surface area contributed by atoms with Crippen molar-refractivity contribution in [3.63, 3.8) is 0 Å². The van der Waals surface area contributed by atoms with Crippen molar-refractivity contribution >= 4 is 0 Å². The van der Waals surface area contributed by atoms with Crippen molar-refractivity contribution in [3.05, 3.63) is 0 Å². The number of aliphatic hydroxyl groups is 5. The Balaban J connectivity index is 1.73. The molecule has 1 aliphatic heterocycles. The van der Waals surface area contributed by atoms with Crippen molar-refractivity contribution in [2.75, 3.05) is 6.61 Å². The molecule has 0 aromatic heterocycles. The fourth-order valence-electron chi connectivity index (χ4n) is 4.72. The molecule has 0 aromatic rings. The van der Waals surface area contributed by atoms with Gasteiger partial charge < -0.3 is 35.0 Å². The molecular formula is C16H28O7. The Labute approximate surface area is 135 Å². The van der Waals surface area contributed by atoms with Crippen LogP contribution in [0.5, 0.6) is 0 Å². The third-order valence-electron chi connectivity index (χ3n) is 6.84. The van der Waals surface area contributed by atoms with Crippen LogP contribution in [0, 0.1) is 16.7 Å². The van der Waals surface area contributed by atoms with Crippen LogP contribution in [-0.2, 0) is 9.47 Å². The van der Waals surface area contributed by atoms with Crippen molar-refractivity contribution in [1.82, 2.24) is 0 Å². The van der Waals surface area contributed by atoms with E-state index >= 15 is 0 Å². The summed E-state index contributed by atoms with van der Waals surface area (Å²) in [5, 5.41) is 49.3. The first-order valence-corrected chi connectivity index (χ1v) is 8.27. The van der Waals surface area contributed by atoms with E-state index in [1.807, 2.05) is 6.92 Å². The minimum absolute atomic E-state index is 0.106. The number of hydrogen-bond acceptors (Lipinski definition) is 7. The molecule has 5 N–H and O–H groups in total. The van der Waals surface area contributed by atoms with Crippen LogP contribution in [0.2, 0.25) is 0 Å². The van der Waals surface area contributed by atoms with Crippen LogP contribution in [0.3, 0.4) is 0 Å². The van der Waals surface area contributed by atoms with Gasteiger partial charge in [0, 0.05) is 5.41 Å². The Hall–Kier alpha value is -0.280. The zero-order chi connectivity index (χ0) is 17.2. The summed E-state index contributed by atoms with van der Waals surface area (Å²) in [5.74, 6) is 0.120. The van der Waals surface area contributed by atoms with Gasteiger partial charge in [0.1, 0.15) is 24.4 Å². The number of aliphatic hydroxyl groups excluding tert-OH is 5. The zero-order valence-electron chi connectivity index (χ0n) is 13.8. The molecule has 1 saturated heterocycles. The van der Waals surface area contributed by atoms with Crippen LogP contribution in [0.4, 0.5) is 0 Å². The van der Waals surface area contributed by atoms with Crippen molar-refractivity contribution in [3.8, 4) is 0 Å². The summed E-state index contributed by atoms with van der Waals surface area (Å²) in [7, 11) is 0. The minimum atomic E-state index is -1.43. The molecule has 0 radical (unpaired) electrons. The fourth-order valence-corrected chi connectivity index (χ4v) is 4.72. The molecule has 23 heavy (non-hydrogen) atoms. The van der Waals surface area contributed by atoms with E-state index < -0.39 is 37.3 Å². The average molecular weight is 332 g/mol. The third kappa shape index (κ3) is 2.37. The zero-order valence-corrected chi connectivity index (χ0v) is 13.8. The van der Waals surface area contributed by atoms with Crippen LogP contribution in [-0.4, -0.2) is 75.1 Å². The molecular weight excluding hydrogens is 304 g/mol. The standard InChI is InChI=1S/C16H28O7/c1-15(2)7-4-10(18)16(15,3)5-8(7)22-14-13(21)12(20)11(19)9(6-17)23-14/h7-14,17-21H,4-6H2,1-3H3/t7-,8-,9+,10+,11+,12-,13+,14+,16+/m0/s1. The number of rotatable bonds is 3. The molecule has 0 spiro atoms. The lowest BCUT2D eigenvalue weighted by atomic mass is 9.70. The molecule has 0 unspecified atom stereocenters. The van der Waals surface area contributed by atoms with E-state index in [1.165, 1.54) is 0 Å². The van der Waals surface area contributed by atoms with Gasteiger partial charge in [0.2, 0.25) is 0 Å². The topological polar surface area (TPSA) is 120 Å². The summed E-state index contributed by atoms with van der Waals surface area (Å²) in [6, 6.07) is 0. The summed E-state index contributed by atoms with van der Waals surface area (Å²) in [4.78, 5) is 0. The van der Waals surface area contributed by atoms with Crippen molar-refractivity contribution < 1.29 is 35.0 Å². The predicted octanol–water partition coefficient (Wildman–Crippen LogP) is -1.01. The van der Waals surface area contributed by atoms with E-state index in [1.54, 1.807) is 0 Å². The van der Waals surface area contributed by atoms with Crippen LogP contribution in [0.15, 0.2) is 0 Å². The number of hydrogen-bond donors (Lipinski definition) is 5. The van der Waals surface area contributed by atoms with Crippen molar-refractivity contribution in [1.29, 1.82) is 0 Å². The van der Waals surface area contributed by atoms with Gasteiger partial charge in [-0.25, -0.2) is 0 Å². The van der Waals surface area contributed by atoms with E-state index in [9.17, 15) is 25.5 Å². The lowest BCUT2D eigenvalue weighted by molar-refractivity contribution is -0.315. The maximum atomic E-state index is 10.3. The van der Waals surface area contributed by atoms with E-state index in [0.717, 1.165) is 0 Å². The SMILES string of the molecule is CC1(C)[C@H]2C[C@@H](O)[C@@]1(C)C[C@@H]2O[C@@H]1O[C@H](CO)[C@@H](O)[C@H](O)[C@H]1O. The molecule has 3 rings (SSSR count). The highest BCUT2D eigenvalue weighted by Crippen LogP contribution is 2.66. The molecule has 134 valence electrons. The molecule has 3 fully saturated rings. The predicted molar refractivity (Wildman–Crippen MR) is 79.3 cm³/mol. The van der Waals surface area contributed by atoms with Crippen LogP contribution >= 0.6 is 0 Å². The molecule has 0 amide bonds. The summed E-state index contributed by atoms with van der Waals surface area (Å²) in [6.45, 7) is 5.81. The highest BCUT2D eigenvalue weighted by atomic mass is 16.7. The molecule has 3 aliphatic rings. The third-order valence-corrected chi connectivity index (χ3v) is 6.84. The maximum absolute atomic E-state index is 10.3. The highest BCUT2D eigenvalue weighted by Gasteiger charge is 2.66. The molecule has 0 aromatic carbocycles. The Kier molecular flexibility index (Phi) is 4.29. The quantitative estimate of drug-likeness (QED) is 0.449. The molecule has 7 nitrogen and oxygen atoms in total. The lowest BCUT2D eigenvalue weighted by Crippen LogP contribution is -2.60. The second kappa shape index (κ2) is 5.62. The molecule has 1 heterocycles. The molecule has 9 atom stereocenters. The Morgan fingerprint density at radius 1 is 1.04 bits per heavy atom. The first kappa shape index (κ1) is 17.5. The van der Waals surface area contributed by atoms with Crippen LogP contribution in [0.1, 0.15) is 33.6 Å². The number of ether oxygens (including phenoxy) is 2. The van der Waals surface area contributed by atoms with Gasteiger partial charge in [0.05, 0.1) is 18.8 Å². The summed E-state index contributed by atoms with van der Waals surface area (Å²) in [6.07, 6.45) is -5.58. The Bertz CT molecular complexity index is 454. The van der Waals surface area contributed by atoms with E-state index in [2.05, 4.69) is 13.8 Å². The first-order chi connectivity index (χ1) is 10.6. The first-order valence-electron chi connectivity index (χ1n) is 8.27. The lowest BCUT2D eigenvalue weighted by Gasteiger charge is -2.42. The summed E-state index contributed by atoms with van der Waals surface area (Å²) < 4.78 is 11.4. The van der Waals surface area contributed by atoms with Gasteiger partial charge in [-0.15, -0.1) is 0 Å². The van der Waals surface area contributed by atoms with E-state index in [0.29, 0.717) is 12.8 Å². The van der Waals surface area contributed by atoms with Gasteiger partial charge in [0.25, 0.3) is 0 Å². The van der Waals surface area contributed by atoms with E-state index in [4.69, 9.17) is 9.47 Å². The van der Waals surface area contributed by atoms with Gasteiger partial charge >= 0.3 is 0 Å². The molecule has 7 heteroatoms. The van der Waals surface area contributed by atoms with Gasteiger partial charge in [-0.1, -0.05) is 20.8 Å². The largest absolute Gasteiger partial charge is 0.394 e.